The number of benzene rings is 10. The molecular formula is C60H33N3O3. The van der Waals surface area contributed by atoms with E-state index in [1.165, 1.54) is 21.5 Å². The number of furan rings is 3. The molecule has 0 radical (unpaired) electrons. The van der Waals surface area contributed by atoms with E-state index in [0.29, 0.717) is 22.7 Å². The third kappa shape index (κ3) is 4.90. The first-order chi connectivity index (χ1) is 32.7. The Morgan fingerprint density at radius 2 is 1.02 bits per heavy atom. The minimum Gasteiger partial charge on any atom is -0.455 e. The number of hydrogen-bond acceptors (Lipinski definition) is 5. The van der Waals surface area contributed by atoms with E-state index in [0.717, 1.165) is 105 Å². The highest BCUT2D eigenvalue weighted by Gasteiger charge is 2.26. The van der Waals surface area contributed by atoms with E-state index in [1.54, 1.807) is 0 Å². The molecule has 0 aliphatic carbocycles. The molecule has 0 saturated carbocycles. The Balaban J connectivity index is 1.04. The maximum absolute atomic E-state index is 7.12. The monoisotopic (exact) mass is 843 g/mol. The summed E-state index contributed by atoms with van der Waals surface area (Å²) in [7, 11) is 0. The van der Waals surface area contributed by atoms with E-state index in [1.807, 2.05) is 36.4 Å². The van der Waals surface area contributed by atoms with E-state index in [9.17, 15) is 0 Å². The number of hydrogen-bond donors (Lipinski definition) is 0. The number of fused-ring (bicyclic) bond motifs is 16. The zero-order valence-corrected chi connectivity index (χ0v) is 35.1. The third-order valence-electron chi connectivity index (χ3n) is 13.6. The minimum atomic E-state index is 0.543. The predicted molar refractivity (Wildman–Crippen MR) is 270 cm³/mol. The van der Waals surface area contributed by atoms with Crippen LogP contribution in [0, 0.1) is 0 Å². The Bertz CT molecular complexity index is 4530. The number of para-hydroxylation sites is 3. The SMILES string of the molecule is c1ccc(-c2nc(-c3ccc(-n4c5ccccc5c5c6ccccc6ccc54)c4c3oc3ccc5ccccc5c34)nc3c2oc2ccc(-c4cccc5c4oc4ccccc45)cc23)cc1. The molecule has 0 aliphatic rings. The molecule has 10 aromatic carbocycles. The molecule has 0 N–H and O–H groups in total. The van der Waals surface area contributed by atoms with Crippen molar-refractivity contribution in [3.05, 3.63) is 200 Å². The standard InChI is InChI=1S/C60H33N3O3/c1-2-15-36(16-3-1)55-59-56(45-33-37(27-31-50(45)65-59)40-21-12-22-42-41-19-9-11-24-49(41)64-57(40)42)62-60(61-55)44-28-30-48(54-53-39-18-7-5-14-35(39)26-32-51(53)66-58(44)54)63-46-23-10-8-20-43(46)52-38-17-6-4-13-34(38)25-29-47(52)63/h1-33H. The van der Waals surface area contributed by atoms with Crippen LogP contribution in [-0.4, -0.2) is 14.5 Å². The van der Waals surface area contributed by atoms with E-state index >= 15 is 0 Å². The van der Waals surface area contributed by atoms with Gasteiger partial charge in [0.1, 0.15) is 39.1 Å². The van der Waals surface area contributed by atoms with Crippen LogP contribution in [-0.2, 0) is 0 Å². The molecule has 0 amide bonds. The highest BCUT2D eigenvalue weighted by Crippen LogP contribution is 2.47. The number of nitrogens with zero attached hydrogens (tertiary/aromatic N) is 3. The van der Waals surface area contributed by atoms with Crippen LogP contribution in [0.2, 0.25) is 0 Å². The first-order valence-electron chi connectivity index (χ1n) is 22.2. The van der Waals surface area contributed by atoms with Crippen LogP contribution in [0.1, 0.15) is 0 Å². The molecule has 0 spiro atoms. The average Bonchev–Trinajstić information content (AvgIpc) is 4.15. The minimum absolute atomic E-state index is 0.543. The van der Waals surface area contributed by atoms with Crippen LogP contribution >= 0.6 is 0 Å². The summed E-state index contributed by atoms with van der Waals surface area (Å²) in [6.07, 6.45) is 0. The van der Waals surface area contributed by atoms with Gasteiger partial charge in [0.2, 0.25) is 0 Å². The summed E-state index contributed by atoms with van der Waals surface area (Å²) in [5.74, 6) is 0.543. The van der Waals surface area contributed by atoms with Crippen molar-refractivity contribution in [3.8, 4) is 39.5 Å². The lowest BCUT2D eigenvalue weighted by Gasteiger charge is -2.13. The van der Waals surface area contributed by atoms with Crippen molar-refractivity contribution in [2.75, 3.05) is 0 Å². The first-order valence-corrected chi connectivity index (χ1v) is 22.2. The fourth-order valence-electron chi connectivity index (χ4n) is 10.7. The highest BCUT2D eigenvalue weighted by atomic mass is 16.3. The van der Waals surface area contributed by atoms with Gasteiger partial charge in [0.15, 0.2) is 11.4 Å². The fourth-order valence-corrected chi connectivity index (χ4v) is 10.7. The van der Waals surface area contributed by atoms with E-state index < -0.39 is 0 Å². The normalized spacial score (nSPS) is 12.2. The van der Waals surface area contributed by atoms with Gasteiger partial charge in [0.25, 0.3) is 0 Å². The van der Waals surface area contributed by atoms with Gasteiger partial charge in [-0.2, -0.15) is 0 Å². The molecule has 66 heavy (non-hydrogen) atoms. The van der Waals surface area contributed by atoms with Crippen LogP contribution in [0.15, 0.2) is 213 Å². The smallest absolute Gasteiger partial charge is 0.180 e. The summed E-state index contributed by atoms with van der Waals surface area (Å²) < 4.78 is 22.8. The summed E-state index contributed by atoms with van der Waals surface area (Å²) in [6.45, 7) is 0. The van der Waals surface area contributed by atoms with Crippen LogP contribution in [0.3, 0.4) is 0 Å². The van der Waals surface area contributed by atoms with Crippen LogP contribution in [0.5, 0.6) is 0 Å². The van der Waals surface area contributed by atoms with Crippen molar-refractivity contribution in [2.24, 2.45) is 0 Å². The van der Waals surface area contributed by atoms with Crippen molar-refractivity contribution < 1.29 is 13.3 Å². The lowest BCUT2D eigenvalue weighted by molar-refractivity contribution is 0.666. The molecule has 5 heterocycles. The second-order valence-electron chi connectivity index (χ2n) is 17.2. The molecule has 5 aromatic heterocycles. The molecule has 306 valence electrons. The van der Waals surface area contributed by atoms with Gasteiger partial charge in [-0.25, -0.2) is 9.97 Å². The Labute approximate surface area is 375 Å². The van der Waals surface area contributed by atoms with Gasteiger partial charge >= 0.3 is 0 Å². The quantitative estimate of drug-likeness (QED) is 0.176. The van der Waals surface area contributed by atoms with Crippen molar-refractivity contribution in [2.45, 2.75) is 0 Å². The van der Waals surface area contributed by atoms with Gasteiger partial charge in [-0.15, -0.1) is 0 Å². The topological polar surface area (TPSA) is 70.1 Å². The van der Waals surface area contributed by atoms with Crippen LogP contribution in [0.4, 0.5) is 0 Å². The van der Waals surface area contributed by atoms with Gasteiger partial charge in [-0.1, -0.05) is 152 Å². The van der Waals surface area contributed by atoms with Crippen molar-refractivity contribution >= 4 is 109 Å². The van der Waals surface area contributed by atoms with Gasteiger partial charge in [-0.05, 0) is 75.6 Å². The lowest BCUT2D eigenvalue weighted by Crippen LogP contribution is -1.98. The predicted octanol–water partition coefficient (Wildman–Crippen LogP) is 16.6. The molecular weight excluding hydrogens is 811 g/mol. The van der Waals surface area contributed by atoms with Crippen LogP contribution in [0.25, 0.3) is 149 Å². The maximum Gasteiger partial charge on any atom is 0.180 e. The largest absolute Gasteiger partial charge is 0.455 e. The molecule has 0 atom stereocenters. The Morgan fingerprint density at radius 1 is 0.348 bits per heavy atom. The van der Waals surface area contributed by atoms with Crippen LogP contribution < -0.4 is 0 Å². The second kappa shape index (κ2) is 13.3. The third-order valence-corrected chi connectivity index (χ3v) is 13.6. The summed E-state index contributed by atoms with van der Waals surface area (Å²) in [5, 5.41) is 12.2. The highest BCUT2D eigenvalue weighted by molar-refractivity contribution is 6.26. The Kier molecular flexibility index (Phi) is 7.13. The van der Waals surface area contributed by atoms with Gasteiger partial charge in [0, 0.05) is 43.4 Å². The Morgan fingerprint density at radius 3 is 1.88 bits per heavy atom. The van der Waals surface area contributed by atoms with Crippen molar-refractivity contribution in [3.63, 3.8) is 0 Å². The van der Waals surface area contributed by atoms with Gasteiger partial charge < -0.3 is 17.8 Å². The molecule has 0 aliphatic heterocycles. The summed E-state index contributed by atoms with van der Waals surface area (Å²) >= 11 is 0. The molecule has 0 saturated heterocycles. The molecule has 6 nitrogen and oxygen atoms in total. The average molecular weight is 844 g/mol. The zero-order valence-electron chi connectivity index (χ0n) is 35.1. The zero-order chi connectivity index (χ0) is 43.0. The summed E-state index contributed by atoms with van der Waals surface area (Å²) in [4.78, 5) is 10.9. The summed E-state index contributed by atoms with van der Waals surface area (Å²) in [6, 6.07) is 70.1. The Hall–Kier alpha value is -9.00. The molecule has 0 unspecified atom stereocenters. The maximum atomic E-state index is 7.12. The molecule has 0 bridgehead atoms. The molecule has 6 heteroatoms. The first kappa shape index (κ1) is 35.5. The van der Waals surface area contributed by atoms with Gasteiger partial charge in [-0.3, -0.25) is 0 Å². The summed E-state index contributed by atoms with van der Waals surface area (Å²) in [5.41, 5.74) is 13.0. The molecule has 0 fully saturated rings. The van der Waals surface area contributed by atoms with E-state index in [-0.39, 0.29) is 0 Å². The second-order valence-corrected chi connectivity index (χ2v) is 17.2. The van der Waals surface area contributed by atoms with E-state index in [2.05, 4.69) is 168 Å². The lowest BCUT2D eigenvalue weighted by atomic mass is 10.00. The number of aromatic nitrogens is 3. The molecule has 15 aromatic rings. The van der Waals surface area contributed by atoms with E-state index in [4.69, 9.17) is 23.2 Å². The van der Waals surface area contributed by atoms with Crippen molar-refractivity contribution in [1.82, 2.24) is 14.5 Å². The van der Waals surface area contributed by atoms with Gasteiger partial charge in [0.05, 0.1) is 27.7 Å². The fraction of sp³-hybridized carbons (Fsp3) is 0. The van der Waals surface area contributed by atoms with Crippen molar-refractivity contribution in [1.29, 1.82) is 0 Å². The number of rotatable bonds is 4. The molecule has 15 rings (SSSR count).